The first kappa shape index (κ1) is 10.1. The van der Waals surface area contributed by atoms with Crippen LogP contribution >= 0.6 is 0 Å². The van der Waals surface area contributed by atoms with Crippen LogP contribution in [-0.4, -0.2) is 0 Å². The quantitative estimate of drug-likeness (QED) is 0.650. The van der Waals surface area contributed by atoms with Gasteiger partial charge in [0.25, 0.3) is 0 Å². The zero-order valence-electron chi connectivity index (χ0n) is 9.32. The molecule has 0 aliphatic heterocycles. The van der Waals surface area contributed by atoms with Gasteiger partial charge in [-0.3, -0.25) is 0 Å². The second-order valence-corrected chi connectivity index (χ2v) is 4.02. The fraction of sp³-hybridized carbons (Fsp3) is 0.154. The second-order valence-electron chi connectivity index (χ2n) is 4.02. The first-order valence-corrected chi connectivity index (χ1v) is 5.34. The molecule has 2 heterocycles. The van der Waals surface area contributed by atoms with Crippen LogP contribution in [0.1, 0.15) is 11.1 Å². The van der Waals surface area contributed by atoms with Gasteiger partial charge in [0.2, 0.25) is 0 Å². The van der Waals surface area contributed by atoms with E-state index < -0.39 is 0 Å². The largest absolute Gasteiger partial charge is 0.464 e. The van der Waals surface area contributed by atoms with E-state index in [1.165, 1.54) is 6.07 Å². The maximum Gasteiger partial charge on any atom is 0.336 e. The van der Waals surface area contributed by atoms with E-state index in [-0.39, 0.29) is 12.2 Å². The standard InChI is InChI=1S/C13H11NO3/c1-7-4-11(15)17-13-9(7)5-8-2-3-16-12(8)10(13)6-14/h2-5H,6,14H2,1H3. The van der Waals surface area contributed by atoms with Crippen LogP contribution in [0.2, 0.25) is 0 Å². The molecule has 0 unspecified atom stereocenters. The van der Waals surface area contributed by atoms with Crippen molar-refractivity contribution >= 4 is 21.9 Å². The Morgan fingerprint density at radius 3 is 2.88 bits per heavy atom. The van der Waals surface area contributed by atoms with E-state index in [0.29, 0.717) is 11.2 Å². The Morgan fingerprint density at radius 2 is 2.12 bits per heavy atom. The Balaban J connectivity index is 2.63. The molecule has 17 heavy (non-hydrogen) atoms. The fourth-order valence-electron chi connectivity index (χ4n) is 2.14. The monoisotopic (exact) mass is 229 g/mol. The summed E-state index contributed by atoms with van der Waals surface area (Å²) in [6.45, 7) is 2.15. The highest BCUT2D eigenvalue weighted by Crippen LogP contribution is 2.29. The van der Waals surface area contributed by atoms with Crippen molar-refractivity contribution in [2.24, 2.45) is 5.73 Å². The molecule has 2 aromatic heterocycles. The number of benzene rings is 1. The van der Waals surface area contributed by atoms with Gasteiger partial charge >= 0.3 is 5.63 Å². The van der Waals surface area contributed by atoms with Crippen molar-refractivity contribution < 1.29 is 8.83 Å². The van der Waals surface area contributed by atoms with Crippen LogP contribution in [0, 0.1) is 6.92 Å². The molecule has 0 aliphatic carbocycles. The van der Waals surface area contributed by atoms with Crippen molar-refractivity contribution in [2.75, 3.05) is 0 Å². The number of rotatable bonds is 1. The number of aryl methyl sites for hydroxylation is 1. The molecule has 4 nitrogen and oxygen atoms in total. The molecule has 0 atom stereocenters. The minimum atomic E-state index is -0.365. The Morgan fingerprint density at radius 1 is 1.29 bits per heavy atom. The Hall–Kier alpha value is -2.07. The molecule has 2 N–H and O–H groups in total. The number of furan rings is 1. The lowest BCUT2D eigenvalue weighted by atomic mass is 10.0. The van der Waals surface area contributed by atoms with Gasteiger partial charge in [-0.2, -0.15) is 0 Å². The van der Waals surface area contributed by atoms with Crippen molar-refractivity contribution in [1.29, 1.82) is 0 Å². The van der Waals surface area contributed by atoms with E-state index in [0.717, 1.165) is 21.9 Å². The van der Waals surface area contributed by atoms with Crippen molar-refractivity contribution in [3.63, 3.8) is 0 Å². The van der Waals surface area contributed by atoms with Crippen LogP contribution in [0.5, 0.6) is 0 Å². The van der Waals surface area contributed by atoms with Gasteiger partial charge < -0.3 is 14.6 Å². The molecule has 4 heteroatoms. The van der Waals surface area contributed by atoms with Gasteiger partial charge in [-0.15, -0.1) is 0 Å². The summed E-state index contributed by atoms with van der Waals surface area (Å²) in [6, 6.07) is 5.30. The minimum absolute atomic E-state index is 0.272. The summed E-state index contributed by atoms with van der Waals surface area (Å²) in [5.74, 6) is 0. The van der Waals surface area contributed by atoms with Gasteiger partial charge in [-0.1, -0.05) is 0 Å². The van der Waals surface area contributed by atoms with E-state index in [4.69, 9.17) is 14.6 Å². The van der Waals surface area contributed by atoms with Gasteiger partial charge in [0.15, 0.2) is 0 Å². The smallest absolute Gasteiger partial charge is 0.336 e. The van der Waals surface area contributed by atoms with E-state index in [9.17, 15) is 4.79 Å². The summed E-state index contributed by atoms with van der Waals surface area (Å²) in [6.07, 6.45) is 1.61. The zero-order chi connectivity index (χ0) is 12.0. The van der Waals surface area contributed by atoms with Crippen molar-refractivity contribution in [2.45, 2.75) is 13.5 Å². The average Bonchev–Trinajstić information content (AvgIpc) is 2.74. The van der Waals surface area contributed by atoms with Gasteiger partial charge in [0, 0.05) is 23.4 Å². The summed E-state index contributed by atoms with van der Waals surface area (Å²) in [4.78, 5) is 11.4. The second kappa shape index (κ2) is 3.46. The molecule has 0 saturated heterocycles. The highest BCUT2D eigenvalue weighted by atomic mass is 16.4. The highest BCUT2D eigenvalue weighted by molar-refractivity contribution is 5.98. The molecule has 0 saturated carbocycles. The number of nitrogens with two attached hydrogens (primary N) is 1. The first-order chi connectivity index (χ1) is 8.20. The van der Waals surface area contributed by atoms with E-state index in [1.807, 2.05) is 19.1 Å². The van der Waals surface area contributed by atoms with Crippen LogP contribution in [-0.2, 0) is 6.54 Å². The number of hydrogen-bond donors (Lipinski definition) is 1. The zero-order valence-corrected chi connectivity index (χ0v) is 9.32. The third-order valence-corrected chi connectivity index (χ3v) is 2.95. The molecule has 3 rings (SSSR count). The molecule has 3 aromatic rings. The van der Waals surface area contributed by atoms with Gasteiger partial charge in [-0.05, 0) is 24.6 Å². The molecular formula is C13H11NO3. The van der Waals surface area contributed by atoms with Crippen molar-refractivity contribution in [1.82, 2.24) is 0 Å². The highest BCUT2D eigenvalue weighted by Gasteiger charge is 2.13. The molecule has 0 bridgehead atoms. The molecular weight excluding hydrogens is 218 g/mol. The van der Waals surface area contributed by atoms with E-state index in [1.54, 1.807) is 6.26 Å². The SMILES string of the molecule is Cc1cc(=O)oc2c(CN)c3occc3cc12. The van der Waals surface area contributed by atoms with Crippen LogP contribution in [0.4, 0.5) is 0 Å². The van der Waals surface area contributed by atoms with Crippen molar-refractivity contribution in [3.05, 3.63) is 46.0 Å². The van der Waals surface area contributed by atoms with Gasteiger partial charge in [-0.25, -0.2) is 4.79 Å². The Labute approximate surface area is 96.6 Å². The molecule has 0 radical (unpaired) electrons. The predicted molar refractivity (Wildman–Crippen MR) is 64.9 cm³/mol. The number of hydrogen-bond acceptors (Lipinski definition) is 4. The maximum atomic E-state index is 11.4. The minimum Gasteiger partial charge on any atom is -0.464 e. The van der Waals surface area contributed by atoms with Crippen molar-refractivity contribution in [3.8, 4) is 0 Å². The Kier molecular flexibility index (Phi) is 2.06. The first-order valence-electron chi connectivity index (χ1n) is 5.34. The molecule has 0 spiro atoms. The van der Waals surface area contributed by atoms with Crippen LogP contribution in [0.3, 0.4) is 0 Å². The summed E-state index contributed by atoms with van der Waals surface area (Å²) in [7, 11) is 0. The average molecular weight is 229 g/mol. The summed E-state index contributed by atoms with van der Waals surface area (Å²) >= 11 is 0. The molecule has 0 amide bonds. The lowest BCUT2D eigenvalue weighted by molar-refractivity contribution is 0.553. The fourth-order valence-corrected chi connectivity index (χ4v) is 2.14. The summed E-state index contributed by atoms with van der Waals surface area (Å²) in [5.41, 5.74) is 8.19. The molecule has 86 valence electrons. The van der Waals surface area contributed by atoms with Crippen LogP contribution in [0.15, 0.2) is 38.1 Å². The normalized spacial score (nSPS) is 11.4. The molecule has 0 fully saturated rings. The summed E-state index contributed by atoms with van der Waals surface area (Å²) < 4.78 is 10.6. The van der Waals surface area contributed by atoms with Gasteiger partial charge in [0.1, 0.15) is 11.2 Å². The number of fused-ring (bicyclic) bond motifs is 2. The predicted octanol–water partition coefficient (Wildman–Crippen LogP) is 2.31. The van der Waals surface area contributed by atoms with E-state index in [2.05, 4.69) is 0 Å². The third kappa shape index (κ3) is 1.38. The molecule has 0 aliphatic rings. The lowest BCUT2D eigenvalue weighted by Gasteiger charge is -2.05. The van der Waals surface area contributed by atoms with E-state index >= 15 is 0 Å². The topological polar surface area (TPSA) is 69.4 Å². The van der Waals surface area contributed by atoms with Gasteiger partial charge in [0.05, 0.1) is 11.8 Å². The maximum absolute atomic E-state index is 11.4. The molecule has 1 aromatic carbocycles. The van der Waals surface area contributed by atoms with Crippen LogP contribution < -0.4 is 11.4 Å². The van der Waals surface area contributed by atoms with Crippen LogP contribution in [0.25, 0.3) is 21.9 Å². The third-order valence-electron chi connectivity index (χ3n) is 2.95. The Bertz CT molecular complexity index is 767. The lowest BCUT2D eigenvalue weighted by Crippen LogP contribution is -2.03. The summed E-state index contributed by atoms with van der Waals surface area (Å²) in [5, 5.41) is 1.87.